The van der Waals surface area contributed by atoms with Crippen LogP contribution in [-0.2, 0) is 17.8 Å². The van der Waals surface area contributed by atoms with E-state index in [2.05, 4.69) is 21.8 Å². The van der Waals surface area contributed by atoms with Crippen LogP contribution in [-0.4, -0.2) is 15.5 Å². The van der Waals surface area contributed by atoms with E-state index >= 15 is 0 Å². The van der Waals surface area contributed by atoms with Crippen molar-refractivity contribution in [1.82, 2.24) is 9.55 Å². The molecule has 0 saturated carbocycles. The summed E-state index contributed by atoms with van der Waals surface area (Å²) in [5, 5.41) is 2.86. The first-order valence-corrected chi connectivity index (χ1v) is 7.34. The van der Waals surface area contributed by atoms with E-state index in [1.54, 1.807) is 12.1 Å². The molecule has 0 fully saturated rings. The highest BCUT2D eigenvalue weighted by molar-refractivity contribution is 5.91. The largest absolute Gasteiger partial charge is 0.399 e. The molecule has 0 atom stereocenters. The van der Waals surface area contributed by atoms with Crippen molar-refractivity contribution >= 4 is 17.3 Å². The third-order valence-corrected chi connectivity index (χ3v) is 3.25. The van der Waals surface area contributed by atoms with Crippen molar-refractivity contribution in [2.75, 3.05) is 11.1 Å². The Kier molecular flexibility index (Phi) is 5.37. The van der Waals surface area contributed by atoms with Crippen LogP contribution in [0, 0.1) is 0 Å². The molecule has 3 N–H and O–H groups in total. The lowest BCUT2D eigenvalue weighted by Gasteiger charge is -2.08. The van der Waals surface area contributed by atoms with Gasteiger partial charge in [-0.2, -0.15) is 0 Å². The van der Waals surface area contributed by atoms with Crippen molar-refractivity contribution in [3.05, 3.63) is 42.5 Å². The fourth-order valence-electron chi connectivity index (χ4n) is 2.25. The summed E-state index contributed by atoms with van der Waals surface area (Å²) >= 11 is 0. The second-order valence-electron chi connectivity index (χ2n) is 5.06. The quantitative estimate of drug-likeness (QED) is 0.769. The Bertz CT molecular complexity index is 591. The molecular weight excluding hydrogens is 264 g/mol. The third-order valence-electron chi connectivity index (χ3n) is 3.25. The molecule has 1 heterocycles. The summed E-state index contributed by atoms with van der Waals surface area (Å²) in [5.41, 5.74) is 7.08. The Balaban J connectivity index is 1.78. The number of aromatic nitrogens is 2. The minimum Gasteiger partial charge on any atom is -0.399 e. The van der Waals surface area contributed by atoms with Gasteiger partial charge in [-0.3, -0.25) is 4.79 Å². The maximum Gasteiger partial charge on any atom is 0.224 e. The lowest BCUT2D eigenvalue weighted by molar-refractivity contribution is -0.116. The number of rotatable bonds is 7. The maximum absolute atomic E-state index is 11.9. The molecular formula is C16H22N4O. The van der Waals surface area contributed by atoms with Crippen LogP contribution >= 0.6 is 0 Å². The number of nitrogens with zero attached hydrogens (tertiary/aromatic N) is 2. The van der Waals surface area contributed by atoms with Crippen LogP contribution in [0.4, 0.5) is 11.4 Å². The number of nitrogen functional groups attached to an aromatic ring is 1. The summed E-state index contributed by atoms with van der Waals surface area (Å²) in [5.74, 6) is 1.10. The molecule has 21 heavy (non-hydrogen) atoms. The minimum atomic E-state index is 0.0118. The first kappa shape index (κ1) is 15.1. The predicted octanol–water partition coefficient (Wildman–Crippen LogP) is 2.84. The molecule has 2 rings (SSSR count). The number of hydrogen-bond acceptors (Lipinski definition) is 3. The van der Waals surface area contributed by atoms with Gasteiger partial charge in [-0.25, -0.2) is 4.98 Å². The van der Waals surface area contributed by atoms with Crippen molar-refractivity contribution in [2.24, 2.45) is 0 Å². The number of anilines is 2. The minimum absolute atomic E-state index is 0.0118. The zero-order valence-electron chi connectivity index (χ0n) is 12.4. The van der Waals surface area contributed by atoms with Crippen LogP contribution in [0.3, 0.4) is 0 Å². The molecule has 0 aliphatic carbocycles. The highest BCUT2D eigenvalue weighted by Crippen LogP contribution is 2.12. The van der Waals surface area contributed by atoms with Crippen LogP contribution in [0.15, 0.2) is 36.7 Å². The molecule has 1 aromatic heterocycles. The third kappa shape index (κ3) is 4.63. The number of nitrogens with one attached hydrogen (secondary N) is 1. The molecule has 0 unspecified atom stereocenters. The van der Waals surface area contributed by atoms with Gasteiger partial charge in [0.25, 0.3) is 0 Å². The standard InChI is InChI=1S/C16H22N4O/c1-2-5-15-18-9-11-20(15)10-4-8-16(21)19-14-7-3-6-13(17)12-14/h3,6-7,9,11-12H,2,4-5,8,10,17H2,1H3,(H,19,21). The average molecular weight is 286 g/mol. The summed E-state index contributed by atoms with van der Waals surface area (Å²) in [7, 11) is 0. The molecule has 0 saturated heterocycles. The lowest BCUT2D eigenvalue weighted by Crippen LogP contribution is -2.13. The van der Waals surface area contributed by atoms with Crippen LogP contribution in [0.25, 0.3) is 0 Å². The Morgan fingerprint density at radius 3 is 3.05 bits per heavy atom. The van der Waals surface area contributed by atoms with E-state index in [0.717, 1.165) is 37.3 Å². The normalized spacial score (nSPS) is 10.5. The van der Waals surface area contributed by atoms with E-state index in [9.17, 15) is 4.79 Å². The van der Waals surface area contributed by atoms with Crippen molar-refractivity contribution in [2.45, 2.75) is 39.2 Å². The van der Waals surface area contributed by atoms with Crippen molar-refractivity contribution in [1.29, 1.82) is 0 Å². The monoisotopic (exact) mass is 286 g/mol. The highest BCUT2D eigenvalue weighted by Gasteiger charge is 2.05. The van der Waals surface area contributed by atoms with Gasteiger partial charge >= 0.3 is 0 Å². The number of nitrogens with two attached hydrogens (primary N) is 1. The molecule has 112 valence electrons. The average Bonchev–Trinajstić information content (AvgIpc) is 2.87. The van der Waals surface area contributed by atoms with Gasteiger partial charge in [-0.05, 0) is 31.0 Å². The van der Waals surface area contributed by atoms with Crippen LogP contribution < -0.4 is 11.1 Å². The molecule has 5 heteroatoms. The second kappa shape index (κ2) is 7.47. The fourth-order valence-corrected chi connectivity index (χ4v) is 2.25. The Hall–Kier alpha value is -2.30. The summed E-state index contributed by atoms with van der Waals surface area (Å²) in [6.45, 7) is 2.96. The van der Waals surface area contributed by atoms with E-state index in [1.807, 2.05) is 24.5 Å². The SMILES string of the molecule is CCCc1nccn1CCCC(=O)Nc1cccc(N)c1. The molecule has 0 spiro atoms. The molecule has 2 aromatic rings. The van der Waals surface area contributed by atoms with E-state index in [-0.39, 0.29) is 5.91 Å². The van der Waals surface area contributed by atoms with Gasteiger partial charge in [0, 0.05) is 43.2 Å². The number of carbonyl (C=O) groups excluding carboxylic acids is 1. The zero-order chi connectivity index (χ0) is 15.1. The first-order valence-electron chi connectivity index (χ1n) is 7.34. The van der Waals surface area contributed by atoms with Gasteiger partial charge in [0.2, 0.25) is 5.91 Å². The van der Waals surface area contributed by atoms with Crippen molar-refractivity contribution < 1.29 is 4.79 Å². The van der Waals surface area contributed by atoms with E-state index in [4.69, 9.17) is 5.73 Å². The van der Waals surface area contributed by atoms with Crippen LogP contribution in [0.5, 0.6) is 0 Å². The molecule has 1 amide bonds. The summed E-state index contributed by atoms with van der Waals surface area (Å²) < 4.78 is 2.12. The Labute approximate surface area is 125 Å². The lowest BCUT2D eigenvalue weighted by atomic mass is 10.2. The van der Waals surface area contributed by atoms with Crippen LogP contribution in [0.1, 0.15) is 32.0 Å². The first-order chi connectivity index (χ1) is 10.2. The second-order valence-corrected chi connectivity index (χ2v) is 5.06. The van der Waals surface area contributed by atoms with E-state index in [0.29, 0.717) is 12.1 Å². The predicted molar refractivity (Wildman–Crippen MR) is 84.9 cm³/mol. The van der Waals surface area contributed by atoms with Gasteiger partial charge in [-0.15, -0.1) is 0 Å². The molecule has 0 aliphatic heterocycles. The molecule has 1 aromatic carbocycles. The number of aryl methyl sites for hydroxylation is 2. The topological polar surface area (TPSA) is 72.9 Å². The van der Waals surface area contributed by atoms with Gasteiger partial charge < -0.3 is 15.6 Å². The summed E-state index contributed by atoms with van der Waals surface area (Å²) in [6.07, 6.45) is 7.12. The molecule has 5 nitrogen and oxygen atoms in total. The van der Waals surface area contributed by atoms with E-state index < -0.39 is 0 Å². The summed E-state index contributed by atoms with van der Waals surface area (Å²) in [6, 6.07) is 7.22. The van der Waals surface area contributed by atoms with Gasteiger partial charge in [0.1, 0.15) is 5.82 Å². The smallest absolute Gasteiger partial charge is 0.224 e. The zero-order valence-corrected chi connectivity index (χ0v) is 12.4. The molecule has 0 aliphatic rings. The highest BCUT2D eigenvalue weighted by atomic mass is 16.1. The number of imidazole rings is 1. The van der Waals surface area contributed by atoms with Crippen molar-refractivity contribution in [3.8, 4) is 0 Å². The molecule has 0 bridgehead atoms. The molecule has 0 radical (unpaired) electrons. The van der Waals surface area contributed by atoms with Gasteiger partial charge in [-0.1, -0.05) is 13.0 Å². The van der Waals surface area contributed by atoms with Crippen molar-refractivity contribution in [3.63, 3.8) is 0 Å². The van der Waals surface area contributed by atoms with Gasteiger partial charge in [0.15, 0.2) is 0 Å². The number of amides is 1. The number of benzene rings is 1. The fraction of sp³-hybridized carbons (Fsp3) is 0.375. The number of carbonyl (C=O) groups is 1. The Morgan fingerprint density at radius 1 is 1.43 bits per heavy atom. The van der Waals surface area contributed by atoms with Gasteiger partial charge in [0.05, 0.1) is 0 Å². The van der Waals surface area contributed by atoms with Crippen LogP contribution in [0.2, 0.25) is 0 Å². The Morgan fingerprint density at radius 2 is 2.29 bits per heavy atom. The van der Waals surface area contributed by atoms with E-state index in [1.165, 1.54) is 0 Å². The maximum atomic E-state index is 11.9. The number of hydrogen-bond donors (Lipinski definition) is 2. The summed E-state index contributed by atoms with van der Waals surface area (Å²) in [4.78, 5) is 16.2.